The quantitative estimate of drug-likeness (QED) is 0.303. The Morgan fingerprint density at radius 1 is 0.643 bits per heavy atom. The van der Waals surface area contributed by atoms with Crippen LogP contribution in [0.5, 0.6) is 0 Å². The average molecular weight is 392 g/mol. The van der Waals surface area contributed by atoms with Crippen molar-refractivity contribution in [1.29, 1.82) is 0 Å². The Morgan fingerprint density at radius 2 is 0.964 bits per heavy atom. The number of carboxylic acid groups (broad SMARTS) is 2. The Morgan fingerprint density at radius 3 is 1.29 bits per heavy atom. The number of ether oxygens (including phenoxy) is 2. The third-order valence-corrected chi connectivity index (χ3v) is 5.70. The second-order valence-electron chi connectivity index (χ2n) is 7.26. The fourth-order valence-electron chi connectivity index (χ4n) is 4.44. The monoisotopic (exact) mass is 392 g/mol. The van der Waals surface area contributed by atoms with E-state index in [1.54, 1.807) is 24.3 Å². The smallest absolute Gasteiger partial charge is 0.310 e. The van der Waals surface area contributed by atoms with E-state index in [4.69, 9.17) is 9.47 Å². The second-order valence-corrected chi connectivity index (χ2v) is 7.26. The summed E-state index contributed by atoms with van der Waals surface area (Å²) in [6.45, 7) is 0.174. The SMILES string of the molecule is O=C(O)[C@@H]1[C@H](C(=O)NCCNC(=O)[C@H]2[C@@H](C(=O)O)[C@@H]3C=C[C@H]2O3)[C@H]2C=C[C@@H]1O2. The van der Waals surface area contributed by atoms with E-state index in [0.717, 1.165) is 0 Å². The Kier molecular flexibility index (Phi) is 4.68. The van der Waals surface area contributed by atoms with E-state index >= 15 is 0 Å². The molecule has 4 aliphatic rings. The molecule has 4 aliphatic heterocycles. The Balaban J connectivity index is 1.27. The lowest BCUT2D eigenvalue weighted by Gasteiger charge is -2.22. The van der Waals surface area contributed by atoms with Crippen LogP contribution < -0.4 is 10.6 Å². The summed E-state index contributed by atoms with van der Waals surface area (Å²) in [5.74, 6) is -6.57. The van der Waals surface area contributed by atoms with Gasteiger partial charge in [0, 0.05) is 13.1 Å². The summed E-state index contributed by atoms with van der Waals surface area (Å²) in [6, 6.07) is 0. The van der Waals surface area contributed by atoms with Crippen molar-refractivity contribution in [3.63, 3.8) is 0 Å². The average Bonchev–Trinajstić information content (AvgIpc) is 3.43. The van der Waals surface area contributed by atoms with E-state index in [9.17, 15) is 29.4 Å². The van der Waals surface area contributed by atoms with Gasteiger partial charge < -0.3 is 30.3 Å². The maximum Gasteiger partial charge on any atom is 0.310 e. The molecule has 4 N–H and O–H groups in total. The minimum atomic E-state index is -1.09. The van der Waals surface area contributed by atoms with Crippen LogP contribution in [0.1, 0.15) is 0 Å². The molecule has 0 aromatic heterocycles. The molecule has 4 bridgehead atoms. The van der Waals surface area contributed by atoms with Crippen molar-refractivity contribution >= 4 is 23.8 Å². The molecule has 4 heterocycles. The first-order valence-electron chi connectivity index (χ1n) is 9.07. The summed E-state index contributed by atoms with van der Waals surface area (Å²) in [7, 11) is 0. The van der Waals surface area contributed by atoms with Crippen LogP contribution in [-0.4, -0.2) is 71.5 Å². The number of carboxylic acids is 2. The molecule has 150 valence electrons. The number of fused-ring (bicyclic) bond motifs is 4. The summed E-state index contributed by atoms with van der Waals surface area (Å²) >= 11 is 0. The van der Waals surface area contributed by atoms with Crippen molar-refractivity contribution in [1.82, 2.24) is 10.6 Å². The summed E-state index contributed by atoms with van der Waals surface area (Å²) in [5, 5.41) is 23.9. The molecule has 2 amide bonds. The van der Waals surface area contributed by atoms with Gasteiger partial charge in [0.1, 0.15) is 11.8 Å². The Hall–Kier alpha value is -2.72. The maximum atomic E-state index is 12.4. The fraction of sp³-hybridized carbons (Fsp3) is 0.556. The second kappa shape index (κ2) is 7.02. The highest BCUT2D eigenvalue weighted by Gasteiger charge is 2.54. The number of rotatable bonds is 7. The van der Waals surface area contributed by atoms with Crippen LogP contribution >= 0.6 is 0 Å². The molecule has 0 aliphatic carbocycles. The number of nitrogens with one attached hydrogen (secondary N) is 2. The fourth-order valence-corrected chi connectivity index (χ4v) is 4.44. The molecule has 0 spiro atoms. The lowest BCUT2D eigenvalue weighted by atomic mass is 9.82. The van der Waals surface area contributed by atoms with E-state index in [2.05, 4.69) is 10.6 Å². The van der Waals surface area contributed by atoms with Gasteiger partial charge in [-0.1, -0.05) is 24.3 Å². The highest BCUT2D eigenvalue weighted by Crippen LogP contribution is 2.40. The van der Waals surface area contributed by atoms with E-state index in [-0.39, 0.29) is 13.1 Å². The van der Waals surface area contributed by atoms with Crippen LogP contribution in [-0.2, 0) is 28.7 Å². The Labute approximate surface area is 159 Å². The van der Waals surface area contributed by atoms with Crippen molar-refractivity contribution in [2.24, 2.45) is 23.7 Å². The van der Waals surface area contributed by atoms with Crippen molar-refractivity contribution in [2.45, 2.75) is 24.4 Å². The van der Waals surface area contributed by atoms with Gasteiger partial charge in [0.15, 0.2) is 0 Å². The Bertz CT molecular complexity index is 714. The maximum absolute atomic E-state index is 12.4. The molecule has 0 unspecified atom stereocenters. The molecule has 2 fully saturated rings. The highest BCUT2D eigenvalue weighted by molar-refractivity contribution is 5.88. The van der Waals surface area contributed by atoms with Crippen LogP contribution in [0, 0.1) is 23.7 Å². The van der Waals surface area contributed by atoms with Crippen LogP contribution in [0.25, 0.3) is 0 Å². The van der Waals surface area contributed by atoms with Crippen molar-refractivity contribution < 1.29 is 38.9 Å². The molecule has 0 radical (unpaired) electrons. The van der Waals surface area contributed by atoms with Crippen molar-refractivity contribution in [3.05, 3.63) is 24.3 Å². The molecule has 0 aromatic rings. The van der Waals surface area contributed by atoms with Crippen molar-refractivity contribution in [3.8, 4) is 0 Å². The zero-order valence-corrected chi connectivity index (χ0v) is 14.7. The van der Waals surface area contributed by atoms with Crippen molar-refractivity contribution in [2.75, 3.05) is 13.1 Å². The van der Waals surface area contributed by atoms with Gasteiger partial charge >= 0.3 is 11.9 Å². The van der Waals surface area contributed by atoms with Crippen LogP contribution in [0.15, 0.2) is 24.3 Å². The van der Waals surface area contributed by atoms with Gasteiger partial charge in [-0.15, -0.1) is 0 Å². The largest absolute Gasteiger partial charge is 0.481 e. The number of hydrogen-bond donors (Lipinski definition) is 4. The molecule has 0 aromatic carbocycles. The van der Waals surface area contributed by atoms with Gasteiger partial charge in [0.05, 0.1) is 36.3 Å². The van der Waals surface area contributed by atoms with E-state index in [1.165, 1.54) is 0 Å². The third kappa shape index (κ3) is 2.98. The van der Waals surface area contributed by atoms with Crippen LogP contribution in [0.4, 0.5) is 0 Å². The molecule has 0 saturated carbocycles. The number of hydrogen-bond acceptors (Lipinski definition) is 6. The number of carbonyl (C=O) groups is 4. The first kappa shape index (κ1) is 18.6. The molecule has 10 nitrogen and oxygen atoms in total. The van der Waals surface area contributed by atoms with E-state index in [0.29, 0.717) is 0 Å². The van der Waals surface area contributed by atoms with E-state index < -0.39 is 71.8 Å². The van der Waals surface area contributed by atoms with Gasteiger partial charge in [-0.05, 0) is 0 Å². The zero-order chi connectivity index (χ0) is 20.0. The number of aliphatic carboxylic acids is 2. The predicted octanol–water partition coefficient (Wildman–Crippen LogP) is -1.47. The van der Waals surface area contributed by atoms with Gasteiger partial charge in [0.2, 0.25) is 11.8 Å². The summed E-state index contributed by atoms with van der Waals surface area (Å²) in [4.78, 5) is 47.6. The summed E-state index contributed by atoms with van der Waals surface area (Å²) in [5.41, 5.74) is 0. The number of amides is 2. The lowest BCUT2D eigenvalue weighted by Crippen LogP contribution is -2.46. The number of carbonyl (C=O) groups excluding carboxylic acids is 2. The van der Waals surface area contributed by atoms with Crippen LogP contribution in [0.2, 0.25) is 0 Å². The third-order valence-electron chi connectivity index (χ3n) is 5.70. The topological polar surface area (TPSA) is 151 Å². The zero-order valence-electron chi connectivity index (χ0n) is 14.7. The molecule has 8 atom stereocenters. The lowest BCUT2D eigenvalue weighted by molar-refractivity contribution is -0.147. The van der Waals surface area contributed by atoms with Crippen LogP contribution in [0.3, 0.4) is 0 Å². The standard InChI is InChI=1S/C18H20N2O8/c21-15(11-7-1-3-9(27-7)13(11)17(23)24)19-5-6-20-16(22)12-8-2-4-10(28-8)14(12)18(25)26/h1-4,7-14H,5-6H2,(H,19,21)(H,20,22)(H,23,24)(H,25,26)/t7-,8-,9+,10+,11-,12-,13+,14+/m1/s1. The van der Waals surface area contributed by atoms with Gasteiger partial charge in [-0.25, -0.2) is 0 Å². The first-order chi connectivity index (χ1) is 13.4. The molecular formula is C18H20N2O8. The minimum absolute atomic E-state index is 0.0871. The van der Waals surface area contributed by atoms with Gasteiger partial charge in [-0.3, -0.25) is 19.2 Å². The normalized spacial score (nSPS) is 39.3. The molecule has 10 heteroatoms. The molecular weight excluding hydrogens is 372 g/mol. The van der Waals surface area contributed by atoms with Gasteiger partial charge in [0.25, 0.3) is 0 Å². The molecule has 2 saturated heterocycles. The molecule has 4 rings (SSSR count). The van der Waals surface area contributed by atoms with E-state index in [1.807, 2.05) is 0 Å². The first-order valence-corrected chi connectivity index (χ1v) is 9.07. The predicted molar refractivity (Wildman–Crippen MR) is 90.9 cm³/mol. The molecule has 28 heavy (non-hydrogen) atoms. The summed E-state index contributed by atoms with van der Waals surface area (Å²) in [6.07, 6.45) is 4.35. The summed E-state index contributed by atoms with van der Waals surface area (Å²) < 4.78 is 10.9. The minimum Gasteiger partial charge on any atom is -0.481 e. The highest BCUT2D eigenvalue weighted by atomic mass is 16.5. The van der Waals surface area contributed by atoms with Gasteiger partial charge in [-0.2, -0.15) is 0 Å².